The number of aryl methyl sites for hydroxylation is 1. The summed E-state index contributed by atoms with van der Waals surface area (Å²) in [5.41, 5.74) is 10.3. The molecule has 20 heavy (non-hydrogen) atoms. The molecule has 0 fully saturated rings. The molecule has 0 amide bonds. The van der Waals surface area contributed by atoms with Crippen molar-refractivity contribution in [1.29, 1.82) is 0 Å². The lowest BCUT2D eigenvalue weighted by molar-refractivity contribution is 0.205. The molecular weight excluding hydrogens is 251 g/mol. The minimum Gasteiger partial charge on any atom is -0.329 e. The number of hydrogen-bond acceptors (Lipinski definition) is 2. The molecule has 0 saturated heterocycles. The monoisotopic (exact) mass is 270 g/mol. The number of halogens is 1. The zero-order chi connectivity index (χ0) is 14.1. The molecule has 1 aliphatic heterocycles. The fourth-order valence-electron chi connectivity index (χ4n) is 2.89. The molecule has 2 N–H and O–H groups in total. The summed E-state index contributed by atoms with van der Waals surface area (Å²) < 4.78 is 13.8. The van der Waals surface area contributed by atoms with E-state index >= 15 is 0 Å². The summed E-state index contributed by atoms with van der Waals surface area (Å²) >= 11 is 0. The summed E-state index contributed by atoms with van der Waals surface area (Å²) in [6.07, 6.45) is 0. The van der Waals surface area contributed by atoms with Crippen LogP contribution in [-0.4, -0.2) is 11.4 Å². The zero-order valence-electron chi connectivity index (χ0n) is 11.6. The first-order valence-corrected chi connectivity index (χ1v) is 6.96. The number of nitrogens with two attached hydrogens (primary N) is 1. The number of hydrogen-bond donors (Lipinski definition) is 1. The molecule has 3 heteroatoms. The van der Waals surface area contributed by atoms with Crippen LogP contribution in [0.5, 0.6) is 0 Å². The lowest BCUT2D eigenvalue weighted by Gasteiger charge is -2.27. The molecule has 1 atom stereocenters. The lowest BCUT2D eigenvalue weighted by Crippen LogP contribution is -2.29. The number of rotatable bonds is 3. The highest BCUT2D eigenvalue weighted by atomic mass is 19.1. The molecule has 0 saturated carbocycles. The second kappa shape index (κ2) is 5.35. The summed E-state index contributed by atoms with van der Waals surface area (Å²) in [6, 6.07) is 13.9. The van der Waals surface area contributed by atoms with Gasteiger partial charge in [0.15, 0.2) is 0 Å². The third kappa shape index (κ3) is 2.35. The van der Waals surface area contributed by atoms with E-state index in [0.29, 0.717) is 12.1 Å². The lowest BCUT2D eigenvalue weighted by atomic mass is 10.0. The van der Waals surface area contributed by atoms with Crippen molar-refractivity contribution in [3.63, 3.8) is 0 Å². The molecule has 0 aromatic heterocycles. The Morgan fingerprint density at radius 3 is 2.35 bits per heavy atom. The van der Waals surface area contributed by atoms with Crippen LogP contribution in [0.4, 0.5) is 4.39 Å². The molecule has 0 spiro atoms. The fourth-order valence-corrected chi connectivity index (χ4v) is 2.89. The van der Waals surface area contributed by atoms with Gasteiger partial charge in [-0.15, -0.1) is 0 Å². The highest BCUT2D eigenvalue weighted by molar-refractivity contribution is 5.32. The summed E-state index contributed by atoms with van der Waals surface area (Å²) in [6.45, 7) is 4.04. The van der Waals surface area contributed by atoms with Gasteiger partial charge in [0.25, 0.3) is 0 Å². The van der Waals surface area contributed by atoms with Gasteiger partial charge >= 0.3 is 0 Å². The molecule has 0 aliphatic carbocycles. The van der Waals surface area contributed by atoms with Crippen LogP contribution in [0.25, 0.3) is 0 Å². The second-order valence-electron chi connectivity index (χ2n) is 5.43. The van der Waals surface area contributed by atoms with Crippen molar-refractivity contribution in [2.75, 3.05) is 6.54 Å². The predicted octanol–water partition coefficient (Wildman–Crippen LogP) is 3.15. The third-order valence-electron chi connectivity index (χ3n) is 4.11. The summed E-state index contributed by atoms with van der Waals surface area (Å²) in [5, 5.41) is 0. The Morgan fingerprint density at radius 2 is 1.80 bits per heavy atom. The van der Waals surface area contributed by atoms with Crippen LogP contribution in [0.2, 0.25) is 0 Å². The molecule has 1 heterocycles. The van der Waals surface area contributed by atoms with E-state index in [-0.39, 0.29) is 11.9 Å². The van der Waals surface area contributed by atoms with E-state index in [9.17, 15) is 4.39 Å². The first kappa shape index (κ1) is 13.3. The molecule has 2 aromatic rings. The number of fused-ring (bicyclic) bond motifs is 1. The number of benzene rings is 2. The Morgan fingerprint density at radius 1 is 1.15 bits per heavy atom. The van der Waals surface area contributed by atoms with Gasteiger partial charge in [0.2, 0.25) is 0 Å². The maximum absolute atomic E-state index is 13.8. The van der Waals surface area contributed by atoms with Gasteiger partial charge in [0, 0.05) is 25.7 Å². The maximum atomic E-state index is 13.8. The first-order chi connectivity index (χ1) is 9.69. The van der Waals surface area contributed by atoms with Gasteiger partial charge in [0.1, 0.15) is 5.82 Å². The molecular formula is C17H19FN2. The Labute approximate surface area is 119 Å². The van der Waals surface area contributed by atoms with Gasteiger partial charge in [-0.2, -0.15) is 0 Å². The van der Waals surface area contributed by atoms with E-state index in [1.807, 2.05) is 12.1 Å². The van der Waals surface area contributed by atoms with Crippen LogP contribution < -0.4 is 5.73 Å². The van der Waals surface area contributed by atoms with Crippen LogP contribution in [0.15, 0.2) is 42.5 Å². The standard InChI is InChI=1S/C17H19FN2/c1-12-6-7-13(8-16(12)18)17(9-19)20-10-14-4-2-3-5-15(14)11-20/h2-8,17H,9-11,19H2,1H3. The van der Waals surface area contributed by atoms with E-state index in [1.54, 1.807) is 13.0 Å². The van der Waals surface area contributed by atoms with Crippen LogP contribution in [0.3, 0.4) is 0 Å². The molecule has 2 aromatic carbocycles. The predicted molar refractivity (Wildman–Crippen MR) is 78.6 cm³/mol. The Bertz CT molecular complexity index is 599. The van der Waals surface area contributed by atoms with Crippen molar-refractivity contribution >= 4 is 0 Å². The normalized spacial score (nSPS) is 16.1. The van der Waals surface area contributed by atoms with Crippen molar-refractivity contribution in [2.24, 2.45) is 5.73 Å². The molecule has 1 aliphatic rings. The average molecular weight is 270 g/mol. The van der Waals surface area contributed by atoms with Crippen molar-refractivity contribution < 1.29 is 4.39 Å². The van der Waals surface area contributed by atoms with Gasteiger partial charge < -0.3 is 5.73 Å². The Kier molecular flexibility index (Phi) is 3.55. The van der Waals surface area contributed by atoms with E-state index < -0.39 is 0 Å². The SMILES string of the molecule is Cc1ccc(C(CN)N2Cc3ccccc3C2)cc1F. The minimum absolute atomic E-state index is 0.0671. The van der Waals surface area contributed by atoms with Crippen molar-refractivity contribution in [1.82, 2.24) is 4.90 Å². The summed E-state index contributed by atoms with van der Waals surface area (Å²) in [7, 11) is 0. The first-order valence-electron chi connectivity index (χ1n) is 6.96. The van der Waals surface area contributed by atoms with Gasteiger partial charge in [-0.05, 0) is 35.2 Å². The van der Waals surface area contributed by atoms with Crippen LogP contribution in [-0.2, 0) is 13.1 Å². The molecule has 0 bridgehead atoms. The topological polar surface area (TPSA) is 29.3 Å². The van der Waals surface area contributed by atoms with E-state index in [2.05, 4.69) is 29.2 Å². The highest BCUT2D eigenvalue weighted by Crippen LogP contribution is 2.31. The van der Waals surface area contributed by atoms with Gasteiger partial charge in [0.05, 0.1) is 0 Å². The maximum Gasteiger partial charge on any atom is 0.126 e. The largest absolute Gasteiger partial charge is 0.329 e. The van der Waals surface area contributed by atoms with Crippen LogP contribution in [0.1, 0.15) is 28.3 Å². The molecule has 2 nitrogen and oxygen atoms in total. The molecule has 3 rings (SSSR count). The van der Waals surface area contributed by atoms with Crippen molar-refractivity contribution in [2.45, 2.75) is 26.1 Å². The zero-order valence-corrected chi connectivity index (χ0v) is 11.6. The average Bonchev–Trinajstić information content (AvgIpc) is 2.87. The third-order valence-corrected chi connectivity index (χ3v) is 4.11. The van der Waals surface area contributed by atoms with Crippen molar-refractivity contribution in [3.8, 4) is 0 Å². The number of nitrogens with zero attached hydrogens (tertiary/aromatic N) is 1. The summed E-state index contributed by atoms with van der Waals surface area (Å²) in [4.78, 5) is 2.31. The molecule has 0 radical (unpaired) electrons. The van der Waals surface area contributed by atoms with E-state index in [4.69, 9.17) is 5.73 Å². The van der Waals surface area contributed by atoms with Gasteiger partial charge in [-0.3, -0.25) is 4.90 Å². The minimum atomic E-state index is -0.155. The van der Waals surface area contributed by atoms with Gasteiger partial charge in [-0.25, -0.2) is 4.39 Å². The Balaban J connectivity index is 1.87. The fraction of sp³-hybridized carbons (Fsp3) is 0.294. The van der Waals surface area contributed by atoms with Gasteiger partial charge in [-0.1, -0.05) is 36.4 Å². The van der Waals surface area contributed by atoms with E-state index in [0.717, 1.165) is 18.7 Å². The molecule has 104 valence electrons. The van der Waals surface area contributed by atoms with E-state index in [1.165, 1.54) is 11.1 Å². The van der Waals surface area contributed by atoms with Crippen LogP contribution in [0, 0.1) is 12.7 Å². The summed E-state index contributed by atoms with van der Waals surface area (Å²) in [5.74, 6) is -0.155. The van der Waals surface area contributed by atoms with Crippen molar-refractivity contribution in [3.05, 3.63) is 70.5 Å². The Hall–Kier alpha value is -1.71. The highest BCUT2D eigenvalue weighted by Gasteiger charge is 2.26. The quantitative estimate of drug-likeness (QED) is 0.928. The second-order valence-corrected chi connectivity index (χ2v) is 5.43. The smallest absolute Gasteiger partial charge is 0.126 e. The van der Waals surface area contributed by atoms with Crippen LogP contribution >= 0.6 is 0 Å². The molecule has 1 unspecified atom stereocenters.